The molecule has 0 radical (unpaired) electrons. The third kappa shape index (κ3) is 3.87. The average Bonchev–Trinajstić information content (AvgIpc) is 3.11. The van der Waals surface area contributed by atoms with Gasteiger partial charge in [0, 0.05) is 17.9 Å². The fourth-order valence-corrected chi connectivity index (χ4v) is 3.22. The molecule has 26 heavy (non-hydrogen) atoms. The second kappa shape index (κ2) is 7.60. The SMILES string of the molecule is Cc1ccc(NC(=O)N2CCC[C@H]2C(=O)Nc2cccc(C)c2C)cc1. The van der Waals surface area contributed by atoms with Crippen molar-refractivity contribution >= 4 is 23.3 Å². The molecular formula is C21H25N3O2. The second-order valence-electron chi connectivity index (χ2n) is 6.88. The van der Waals surface area contributed by atoms with Crippen LogP contribution in [0, 0.1) is 20.8 Å². The van der Waals surface area contributed by atoms with E-state index in [2.05, 4.69) is 10.6 Å². The number of likely N-dealkylation sites (tertiary alicyclic amines) is 1. The minimum absolute atomic E-state index is 0.129. The quantitative estimate of drug-likeness (QED) is 0.868. The molecule has 136 valence electrons. The van der Waals surface area contributed by atoms with Crippen molar-refractivity contribution < 1.29 is 9.59 Å². The maximum Gasteiger partial charge on any atom is 0.322 e. The Balaban J connectivity index is 1.68. The molecule has 1 aliphatic heterocycles. The first-order valence-corrected chi connectivity index (χ1v) is 8.97. The lowest BCUT2D eigenvalue weighted by Gasteiger charge is -2.24. The summed E-state index contributed by atoms with van der Waals surface area (Å²) in [5.74, 6) is -0.129. The molecule has 0 bridgehead atoms. The number of carbonyl (C=O) groups excluding carboxylic acids is 2. The zero-order chi connectivity index (χ0) is 18.7. The summed E-state index contributed by atoms with van der Waals surface area (Å²) in [5, 5.41) is 5.88. The van der Waals surface area contributed by atoms with Crippen LogP contribution in [0.5, 0.6) is 0 Å². The summed E-state index contributed by atoms with van der Waals surface area (Å²) in [6.07, 6.45) is 1.50. The van der Waals surface area contributed by atoms with E-state index in [1.165, 1.54) is 0 Å². The minimum Gasteiger partial charge on any atom is -0.324 e. The van der Waals surface area contributed by atoms with Crippen LogP contribution in [0.25, 0.3) is 0 Å². The van der Waals surface area contributed by atoms with Crippen LogP contribution in [-0.4, -0.2) is 29.4 Å². The van der Waals surface area contributed by atoms with Gasteiger partial charge in [-0.15, -0.1) is 0 Å². The predicted molar refractivity (Wildman–Crippen MR) is 104 cm³/mol. The zero-order valence-electron chi connectivity index (χ0n) is 15.5. The molecule has 2 aromatic carbocycles. The van der Waals surface area contributed by atoms with Crippen LogP contribution in [0.3, 0.4) is 0 Å². The van der Waals surface area contributed by atoms with Gasteiger partial charge in [0.05, 0.1) is 0 Å². The van der Waals surface area contributed by atoms with Gasteiger partial charge in [-0.2, -0.15) is 0 Å². The lowest BCUT2D eigenvalue weighted by molar-refractivity contribution is -0.119. The standard InChI is InChI=1S/C21H25N3O2/c1-14-9-11-17(12-10-14)22-21(26)24-13-5-8-19(24)20(25)23-18-7-4-6-15(2)16(18)3/h4,6-7,9-12,19H,5,8,13H2,1-3H3,(H,22,26)(H,23,25)/t19-/m0/s1. The molecule has 1 fully saturated rings. The molecule has 1 atom stereocenters. The molecule has 2 aromatic rings. The van der Waals surface area contributed by atoms with Crippen molar-refractivity contribution in [1.82, 2.24) is 4.90 Å². The number of benzene rings is 2. The number of aryl methyl sites for hydroxylation is 2. The van der Waals surface area contributed by atoms with Gasteiger partial charge in [-0.1, -0.05) is 29.8 Å². The molecule has 0 aliphatic carbocycles. The van der Waals surface area contributed by atoms with Gasteiger partial charge in [0.1, 0.15) is 6.04 Å². The summed E-state index contributed by atoms with van der Waals surface area (Å²) in [7, 11) is 0. The first-order valence-electron chi connectivity index (χ1n) is 8.97. The predicted octanol–water partition coefficient (Wildman–Crippen LogP) is 4.25. The molecule has 2 N–H and O–H groups in total. The molecule has 3 amide bonds. The minimum atomic E-state index is -0.444. The van der Waals surface area contributed by atoms with E-state index < -0.39 is 6.04 Å². The summed E-state index contributed by atoms with van der Waals surface area (Å²) >= 11 is 0. The lowest BCUT2D eigenvalue weighted by atomic mass is 10.1. The van der Waals surface area contributed by atoms with Crippen molar-refractivity contribution in [2.24, 2.45) is 0 Å². The van der Waals surface area contributed by atoms with Gasteiger partial charge in [-0.05, 0) is 62.9 Å². The number of nitrogens with zero attached hydrogens (tertiary/aromatic N) is 1. The van der Waals surface area contributed by atoms with E-state index >= 15 is 0 Å². The van der Waals surface area contributed by atoms with Gasteiger partial charge in [0.15, 0.2) is 0 Å². The molecule has 0 aromatic heterocycles. The highest BCUT2D eigenvalue weighted by Gasteiger charge is 2.34. The highest BCUT2D eigenvalue weighted by molar-refractivity contribution is 6.00. The molecule has 0 spiro atoms. The van der Waals surface area contributed by atoms with E-state index in [0.717, 1.165) is 34.5 Å². The van der Waals surface area contributed by atoms with Gasteiger partial charge in [-0.3, -0.25) is 4.79 Å². The third-order valence-corrected chi connectivity index (χ3v) is 4.98. The van der Waals surface area contributed by atoms with E-state index in [9.17, 15) is 9.59 Å². The Labute approximate surface area is 154 Å². The Morgan fingerprint density at radius 2 is 1.73 bits per heavy atom. The van der Waals surface area contributed by atoms with Crippen LogP contribution in [0.2, 0.25) is 0 Å². The summed E-state index contributed by atoms with van der Waals surface area (Å²) in [6.45, 7) is 6.59. The number of hydrogen-bond donors (Lipinski definition) is 2. The summed E-state index contributed by atoms with van der Waals surface area (Å²) in [5.41, 5.74) is 4.86. The number of nitrogens with one attached hydrogen (secondary N) is 2. The first kappa shape index (κ1) is 18.0. The number of amides is 3. The fraction of sp³-hybridized carbons (Fsp3) is 0.333. The maximum atomic E-state index is 12.8. The van der Waals surface area contributed by atoms with Gasteiger partial charge in [0.2, 0.25) is 5.91 Å². The van der Waals surface area contributed by atoms with Gasteiger partial charge in [0.25, 0.3) is 0 Å². The van der Waals surface area contributed by atoms with Crippen molar-refractivity contribution in [3.63, 3.8) is 0 Å². The fourth-order valence-electron chi connectivity index (χ4n) is 3.22. The molecule has 0 unspecified atom stereocenters. The smallest absolute Gasteiger partial charge is 0.322 e. The molecule has 5 heteroatoms. The van der Waals surface area contributed by atoms with Crippen molar-refractivity contribution in [3.8, 4) is 0 Å². The van der Waals surface area contributed by atoms with Crippen LogP contribution >= 0.6 is 0 Å². The molecule has 1 saturated heterocycles. The highest BCUT2D eigenvalue weighted by Crippen LogP contribution is 2.23. The molecule has 1 aliphatic rings. The Morgan fingerprint density at radius 1 is 1.00 bits per heavy atom. The highest BCUT2D eigenvalue weighted by atomic mass is 16.2. The Kier molecular flexibility index (Phi) is 5.26. The van der Waals surface area contributed by atoms with Crippen LogP contribution in [0.15, 0.2) is 42.5 Å². The van der Waals surface area contributed by atoms with Crippen molar-refractivity contribution in [3.05, 3.63) is 59.2 Å². The van der Waals surface area contributed by atoms with Gasteiger partial charge < -0.3 is 15.5 Å². The Hall–Kier alpha value is -2.82. The molecule has 5 nitrogen and oxygen atoms in total. The molecule has 1 heterocycles. The topological polar surface area (TPSA) is 61.4 Å². The van der Waals surface area contributed by atoms with Crippen LogP contribution < -0.4 is 10.6 Å². The van der Waals surface area contributed by atoms with Crippen molar-refractivity contribution in [1.29, 1.82) is 0 Å². The van der Waals surface area contributed by atoms with Crippen molar-refractivity contribution in [2.75, 3.05) is 17.2 Å². The summed E-state index contributed by atoms with van der Waals surface area (Å²) < 4.78 is 0. The van der Waals surface area contributed by atoms with E-state index in [0.29, 0.717) is 13.0 Å². The van der Waals surface area contributed by atoms with E-state index in [-0.39, 0.29) is 11.9 Å². The summed E-state index contributed by atoms with van der Waals surface area (Å²) in [4.78, 5) is 27.0. The van der Waals surface area contributed by atoms with Gasteiger partial charge in [-0.25, -0.2) is 4.79 Å². The van der Waals surface area contributed by atoms with Crippen molar-refractivity contribution in [2.45, 2.75) is 39.7 Å². The molecular weight excluding hydrogens is 326 g/mol. The lowest BCUT2D eigenvalue weighted by Crippen LogP contribution is -2.45. The number of urea groups is 1. The summed E-state index contributed by atoms with van der Waals surface area (Å²) in [6, 6.07) is 12.8. The van der Waals surface area contributed by atoms with E-state index in [1.54, 1.807) is 4.90 Å². The van der Waals surface area contributed by atoms with E-state index in [4.69, 9.17) is 0 Å². The third-order valence-electron chi connectivity index (χ3n) is 4.98. The number of carbonyl (C=O) groups is 2. The number of rotatable bonds is 3. The first-order chi connectivity index (χ1) is 12.5. The zero-order valence-corrected chi connectivity index (χ0v) is 15.5. The Bertz CT molecular complexity index is 815. The van der Waals surface area contributed by atoms with Crippen LogP contribution in [0.1, 0.15) is 29.5 Å². The normalized spacial score (nSPS) is 16.4. The average molecular weight is 351 g/mol. The van der Waals surface area contributed by atoms with Crippen LogP contribution in [0.4, 0.5) is 16.2 Å². The molecule has 0 saturated carbocycles. The van der Waals surface area contributed by atoms with Gasteiger partial charge >= 0.3 is 6.03 Å². The molecule has 3 rings (SSSR count). The van der Waals surface area contributed by atoms with Crippen LogP contribution in [-0.2, 0) is 4.79 Å². The Morgan fingerprint density at radius 3 is 2.46 bits per heavy atom. The number of hydrogen-bond acceptors (Lipinski definition) is 2. The largest absolute Gasteiger partial charge is 0.324 e. The number of anilines is 2. The maximum absolute atomic E-state index is 12.8. The monoisotopic (exact) mass is 351 g/mol. The van der Waals surface area contributed by atoms with E-state index in [1.807, 2.05) is 63.2 Å². The second-order valence-corrected chi connectivity index (χ2v) is 6.88.